The van der Waals surface area contributed by atoms with Crippen LogP contribution in [0.15, 0.2) is 24.3 Å². The minimum absolute atomic E-state index is 0.00234. The molecule has 1 unspecified atom stereocenters. The topological polar surface area (TPSA) is 49.5 Å². The van der Waals surface area contributed by atoms with Crippen LogP contribution in [0.25, 0.3) is 0 Å². The monoisotopic (exact) mass is 208 g/mol. The molecular weight excluding hydrogens is 188 g/mol. The van der Waals surface area contributed by atoms with E-state index >= 15 is 0 Å². The Kier molecular flexibility index (Phi) is 4.59. The van der Waals surface area contributed by atoms with Crippen molar-refractivity contribution in [3.8, 4) is 0 Å². The SMILES string of the molecule is CCc1ccc(N(C)C(CN)CO)cc1. The minimum atomic E-state index is -0.00234. The molecule has 0 spiro atoms. The van der Waals surface area contributed by atoms with E-state index in [2.05, 4.69) is 31.2 Å². The van der Waals surface area contributed by atoms with Crippen LogP contribution in [-0.2, 0) is 6.42 Å². The number of aryl methyl sites for hydroxylation is 1. The van der Waals surface area contributed by atoms with Crippen LogP contribution < -0.4 is 10.6 Å². The highest BCUT2D eigenvalue weighted by molar-refractivity contribution is 5.48. The molecule has 0 bridgehead atoms. The molecule has 15 heavy (non-hydrogen) atoms. The largest absolute Gasteiger partial charge is 0.394 e. The maximum Gasteiger partial charge on any atom is 0.0647 e. The molecule has 0 saturated carbocycles. The first-order valence-corrected chi connectivity index (χ1v) is 5.35. The zero-order chi connectivity index (χ0) is 11.3. The second-order valence-electron chi connectivity index (χ2n) is 3.70. The van der Waals surface area contributed by atoms with Gasteiger partial charge in [-0.15, -0.1) is 0 Å². The summed E-state index contributed by atoms with van der Waals surface area (Å²) in [6.07, 6.45) is 1.05. The highest BCUT2D eigenvalue weighted by atomic mass is 16.3. The number of anilines is 1. The summed E-state index contributed by atoms with van der Waals surface area (Å²) in [7, 11) is 1.95. The van der Waals surface area contributed by atoms with Crippen LogP contribution in [0, 0.1) is 0 Å². The second-order valence-corrected chi connectivity index (χ2v) is 3.70. The molecule has 0 aliphatic carbocycles. The van der Waals surface area contributed by atoms with Gasteiger partial charge in [-0.25, -0.2) is 0 Å². The van der Waals surface area contributed by atoms with Crippen molar-refractivity contribution in [2.75, 3.05) is 25.1 Å². The van der Waals surface area contributed by atoms with Crippen molar-refractivity contribution in [3.05, 3.63) is 29.8 Å². The molecule has 0 saturated heterocycles. The molecule has 1 aromatic carbocycles. The van der Waals surface area contributed by atoms with Gasteiger partial charge in [0.2, 0.25) is 0 Å². The van der Waals surface area contributed by atoms with E-state index in [1.807, 2.05) is 11.9 Å². The lowest BCUT2D eigenvalue weighted by atomic mass is 10.1. The Bertz CT molecular complexity index is 280. The number of benzene rings is 1. The van der Waals surface area contributed by atoms with E-state index in [-0.39, 0.29) is 12.6 Å². The van der Waals surface area contributed by atoms with Gasteiger partial charge in [0, 0.05) is 19.3 Å². The summed E-state index contributed by atoms with van der Waals surface area (Å²) in [5.41, 5.74) is 7.99. The van der Waals surface area contributed by atoms with Gasteiger partial charge in [0.15, 0.2) is 0 Å². The number of nitrogens with zero attached hydrogens (tertiary/aromatic N) is 1. The number of rotatable bonds is 5. The molecule has 1 aromatic rings. The third-order valence-electron chi connectivity index (χ3n) is 2.78. The van der Waals surface area contributed by atoms with Crippen molar-refractivity contribution in [1.29, 1.82) is 0 Å². The summed E-state index contributed by atoms with van der Waals surface area (Å²) in [5, 5.41) is 9.14. The number of nitrogens with two attached hydrogens (primary N) is 1. The summed E-state index contributed by atoms with van der Waals surface area (Å²) in [5.74, 6) is 0. The highest BCUT2D eigenvalue weighted by Gasteiger charge is 2.11. The van der Waals surface area contributed by atoms with Crippen LogP contribution in [0.4, 0.5) is 5.69 Å². The molecule has 1 atom stereocenters. The Balaban J connectivity index is 2.76. The lowest BCUT2D eigenvalue weighted by Crippen LogP contribution is -2.40. The van der Waals surface area contributed by atoms with Gasteiger partial charge in [-0.05, 0) is 24.1 Å². The quantitative estimate of drug-likeness (QED) is 0.759. The molecular formula is C12H20N2O. The Hall–Kier alpha value is -1.06. The fourth-order valence-corrected chi connectivity index (χ4v) is 1.53. The molecule has 0 radical (unpaired) electrons. The van der Waals surface area contributed by atoms with Crippen LogP contribution in [0.1, 0.15) is 12.5 Å². The number of hydrogen-bond donors (Lipinski definition) is 2. The molecule has 0 aromatic heterocycles. The summed E-state index contributed by atoms with van der Waals surface area (Å²) in [6, 6.07) is 8.35. The van der Waals surface area contributed by atoms with Gasteiger partial charge in [-0.2, -0.15) is 0 Å². The predicted molar refractivity (Wildman–Crippen MR) is 64.2 cm³/mol. The van der Waals surface area contributed by atoms with Gasteiger partial charge in [-0.1, -0.05) is 19.1 Å². The number of aliphatic hydroxyl groups excluding tert-OH is 1. The smallest absolute Gasteiger partial charge is 0.0647 e. The Morgan fingerprint density at radius 1 is 1.33 bits per heavy atom. The molecule has 3 nitrogen and oxygen atoms in total. The van der Waals surface area contributed by atoms with Gasteiger partial charge < -0.3 is 15.7 Å². The molecule has 1 rings (SSSR count). The lowest BCUT2D eigenvalue weighted by Gasteiger charge is -2.27. The van der Waals surface area contributed by atoms with E-state index in [1.54, 1.807) is 0 Å². The van der Waals surface area contributed by atoms with Crippen LogP contribution in [-0.4, -0.2) is 31.3 Å². The number of hydrogen-bond acceptors (Lipinski definition) is 3. The summed E-state index contributed by atoms with van der Waals surface area (Å²) < 4.78 is 0. The normalized spacial score (nSPS) is 12.5. The average Bonchev–Trinajstić information content (AvgIpc) is 2.30. The van der Waals surface area contributed by atoms with Crippen molar-refractivity contribution in [3.63, 3.8) is 0 Å². The summed E-state index contributed by atoms with van der Waals surface area (Å²) >= 11 is 0. The van der Waals surface area contributed by atoms with Crippen molar-refractivity contribution in [1.82, 2.24) is 0 Å². The van der Waals surface area contributed by atoms with Crippen LogP contribution in [0.2, 0.25) is 0 Å². The zero-order valence-electron chi connectivity index (χ0n) is 9.48. The van der Waals surface area contributed by atoms with E-state index in [0.717, 1.165) is 12.1 Å². The molecule has 0 fully saturated rings. The Labute approximate surface area is 91.5 Å². The molecule has 84 valence electrons. The van der Waals surface area contributed by atoms with Gasteiger partial charge in [0.05, 0.1) is 12.6 Å². The van der Waals surface area contributed by atoms with Gasteiger partial charge in [-0.3, -0.25) is 0 Å². The van der Waals surface area contributed by atoms with Gasteiger partial charge in [0.25, 0.3) is 0 Å². The van der Waals surface area contributed by atoms with E-state index in [9.17, 15) is 0 Å². The van der Waals surface area contributed by atoms with Crippen molar-refractivity contribution < 1.29 is 5.11 Å². The third kappa shape index (κ3) is 2.94. The fourth-order valence-electron chi connectivity index (χ4n) is 1.53. The van der Waals surface area contributed by atoms with Crippen molar-refractivity contribution in [2.24, 2.45) is 5.73 Å². The van der Waals surface area contributed by atoms with Crippen LogP contribution in [0.3, 0.4) is 0 Å². The first-order valence-electron chi connectivity index (χ1n) is 5.35. The van der Waals surface area contributed by atoms with E-state index < -0.39 is 0 Å². The van der Waals surface area contributed by atoms with Crippen LogP contribution >= 0.6 is 0 Å². The number of aliphatic hydroxyl groups is 1. The summed E-state index contributed by atoms with van der Waals surface area (Å²) in [4.78, 5) is 2.01. The molecule has 0 heterocycles. The third-order valence-corrected chi connectivity index (χ3v) is 2.78. The maximum absolute atomic E-state index is 9.14. The Morgan fingerprint density at radius 2 is 1.93 bits per heavy atom. The molecule has 3 heteroatoms. The van der Waals surface area contributed by atoms with E-state index in [1.165, 1.54) is 5.56 Å². The molecule has 3 N–H and O–H groups in total. The van der Waals surface area contributed by atoms with E-state index in [0.29, 0.717) is 6.54 Å². The number of likely N-dealkylation sites (N-methyl/N-ethyl adjacent to an activating group) is 1. The molecule has 0 aliphatic rings. The summed E-state index contributed by atoms with van der Waals surface area (Å²) in [6.45, 7) is 2.68. The fraction of sp³-hybridized carbons (Fsp3) is 0.500. The first-order chi connectivity index (χ1) is 7.22. The highest BCUT2D eigenvalue weighted by Crippen LogP contribution is 2.16. The minimum Gasteiger partial charge on any atom is -0.394 e. The van der Waals surface area contributed by atoms with Crippen molar-refractivity contribution >= 4 is 5.69 Å². The van der Waals surface area contributed by atoms with Gasteiger partial charge >= 0.3 is 0 Å². The molecule has 0 aliphatic heterocycles. The zero-order valence-corrected chi connectivity index (χ0v) is 9.48. The van der Waals surface area contributed by atoms with E-state index in [4.69, 9.17) is 10.8 Å². The average molecular weight is 208 g/mol. The molecule has 0 amide bonds. The maximum atomic E-state index is 9.14. The predicted octanol–water partition coefficient (Wildman–Crippen LogP) is 1.00. The van der Waals surface area contributed by atoms with Crippen molar-refractivity contribution in [2.45, 2.75) is 19.4 Å². The second kappa shape index (κ2) is 5.73. The Morgan fingerprint density at radius 3 is 2.33 bits per heavy atom. The first kappa shape index (κ1) is 12.0. The van der Waals surface area contributed by atoms with Gasteiger partial charge in [0.1, 0.15) is 0 Å². The standard InChI is InChI=1S/C12H20N2O/c1-3-10-4-6-11(7-5-10)14(2)12(8-13)9-15/h4-7,12,15H,3,8-9,13H2,1-2H3. The lowest BCUT2D eigenvalue weighted by molar-refractivity contribution is 0.265. The van der Waals surface area contributed by atoms with Crippen LogP contribution in [0.5, 0.6) is 0 Å².